The first kappa shape index (κ1) is 27.3. The van der Waals surface area contributed by atoms with E-state index in [1.165, 1.54) is 0 Å². The third kappa shape index (κ3) is 8.76. The number of hydrogen-bond donors (Lipinski definition) is 0. The quantitative estimate of drug-likeness (QED) is 0.0726. The smallest absolute Gasteiger partial charge is 0.311 e. The van der Waals surface area contributed by atoms with Crippen LogP contribution in [-0.4, -0.2) is 11.9 Å². The zero-order valence-electron chi connectivity index (χ0n) is 18.7. The third-order valence-corrected chi connectivity index (χ3v) is 5.14. The highest BCUT2D eigenvalue weighted by Crippen LogP contribution is 2.29. The minimum absolute atomic E-state index is 0.204. The molecule has 0 amide bonds. The topological polar surface area (TPSA) is 52.6 Å². The highest BCUT2D eigenvalue weighted by Gasteiger charge is 2.28. The molecule has 0 unspecified atom stereocenters. The van der Waals surface area contributed by atoms with Crippen molar-refractivity contribution in [3.05, 3.63) is 65.0 Å². The van der Waals surface area contributed by atoms with E-state index in [1.807, 2.05) is 30.3 Å². The normalized spacial score (nSPS) is 10.9. The summed E-state index contributed by atoms with van der Waals surface area (Å²) in [6, 6.07) is 9.45. The lowest BCUT2D eigenvalue weighted by Gasteiger charge is -2.08. The molecular weight excluding hydrogens is 459 g/mol. The van der Waals surface area contributed by atoms with Gasteiger partial charge in [0.25, 0.3) is 0 Å². The van der Waals surface area contributed by atoms with Crippen LogP contribution in [-0.2, 0) is 20.9 Å². The number of carbonyl (C=O) groups excluding carboxylic acids is 2. The number of benzene rings is 2. The molecule has 0 N–H and O–H groups in total. The van der Waals surface area contributed by atoms with E-state index < -0.39 is 40.8 Å². The van der Waals surface area contributed by atoms with Gasteiger partial charge in [0.2, 0.25) is 34.8 Å². The summed E-state index contributed by atoms with van der Waals surface area (Å²) >= 11 is 0. The van der Waals surface area contributed by atoms with Crippen molar-refractivity contribution in [2.24, 2.45) is 0 Å². The van der Waals surface area contributed by atoms with Gasteiger partial charge in [0.1, 0.15) is 6.61 Å². The summed E-state index contributed by atoms with van der Waals surface area (Å²) in [5.74, 6) is -13.8. The van der Waals surface area contributed by atoms with Crippen molar-refractivity contribution in [1.82, 2.24) is 0 Å². The average molecular weight is 486 g/mol. The van der Waals surface area contributed by atoms with Crippen molar-refractivity contribution in [3.63, 3.8) is 0 Å². The molecule has 0 fully saturated rings. The van der Waals surface area contributed by atoms with E-state index in [0.717, 1.165) is 44.1 Å². The maximum absolute atomic E-state index is 13.5. The van der Waals surface area contributed by atoms with Gasteiger partial charge in [-0.2, -0.15) is 8.78 Å². The molecule has 0 radical (unpaired) electrons. The second-order valence-corrected chi connectivity index (χ2v) is 7.85. The highest BCUT2D eigenvalue weighted by atomic mass is 19.2. The first-order valence-corrected chi connectivity index (χ1v) is 11.2. The van der Waals surface area contributed by atoms with E-state index in [2.05, 4.69) is 4.74 Å². The van der Waals surface area contributed by atoms with Crippen LogP contribution in [0.5, 0.6) is 5.75 Å². The molecule has 2 aromatic carbocycles. The molecule has 0 aromatic heterocycles. The second kappa shape index (κ2) is 14.3. The van der Waals surface area contributed by atoms with Crippen LogP contribution < -0.4 is 4.74 Å². The fourth-order valence-electron chi connectivity index (χ4n) is 3.25. The molecule has 0 aliphatic heterocycles. The first-order chi connectivity index (χ1) is 16.3. The van der Waals surface area contributed by atoms with Crippen LogP contribution >= 0.6 is 0 Å². The largest absolute Gasteiger partial charge is 0.461 e. The number of hydrogen-bond acceptors (Lipinski definition) is 4. The molecule has 34 heavy (non-hydrogen) atoms. The van der Waals surface area contributed by atoms with E-state index in [0.29, 0.717) is 19.3 Å². The molecule has 186 valence electrons. The summed E-state index contributed by atoms with van der Waals surface area (Å²) in [6.45, 7) is 0.273. The molecule has 9 heteroatoms. The predicted molar refractivity (Wildman–Crippen MR) is 114 cm³/mol. The van der Waals surface area contributed by atoms with Gasteiger partial charge in [-0.15, -0.1) is 0 Å². The lowest BCUT2D eigenvalue weighted by Crippen LogP contribution is -2.13. The number of unbranched alkanes of at least 4 members (excludes halogenated alkanes) is 7. The molecule has 0 bridgehead atoms. The van der Waals surface area contributed by atoms with Crippen LogP contribution in [0.3, 0.4) is 0 Å². The van der Waals surface area contributed by atoms with E-state index in [4.69, 9.17) is 4.74 Å². The van der Waals surface area contributed by atoms with Crippen molar-refractivity contribution >= 4 is 11.9 Å². The van der Waals surface area contributed by atoms with Crippen molar-refractivity contribution in [1.29, 1.82) is 0 Å². The van der Waals surface area contributed by atoms with Crippen molar-refractivity contribution in [2.45, 2.75) is 70.8 Å². The monoisotopic (exact) mass is 486 g/mol. The molecular formula is C25H27F5O4. The zero-order valence-corrected chi connectivity index (χ0v) is 18.7. The maximum Gasteiger partial charge on any atom is 0.311 e. The molecule has 0 atom stereocenters. The van der Waals surface area contributed by atoms with Gasteiger partial charge in [-0.1, -0.05) is 68.9 Å². The molecule has 0 saturated carbocycles. The number of esters is 2. The minimum atomic E-state index is -2.31. The Morgan fingerprint density at radius 3 is 1.56 bits per heavy atom. The summed E-state index contributed by atoms with van der Waals surface area (Å²) < 4.78 is 75.8. The fourth-order valence-corrected chi connectivity index (χ4v) is 3.25. The summed E-state index contributed by atoms with van der Waals surface area (Å²) in [6.07, 6.45) is 6.45. The van der Waals surface area contributed by atoms with E-state index >= 15 is 0 Å². The van der Waals surface area contributed by atoms with Gasteiger partial charge in [0.15, 0.2) is 0 Å². The van der Waals surface area contributed by atoms with Crippen LogP contribution in [0.4, 0.5) is 22.0 Å². The average Bonchev–Trinajstić information content (AvgIpc) is 2.84. The van der Waals surface area contributed by atoms with E-state index in [1.54, 1.807) is 0 Å². The summed E-state index contributed by atoms with van der Waals surface area (Å²) in [7, 11) is 0. The van der Waals surface area contributed by atoms with Gasteiger partial charge in [0, 0.05) is 12.8 Å². The number of carbonyl (C=O) groups is 2. The number of halogens is 5. The van der Waals surface area contributed by atoms with Crippen molar-refractivity contribution in [2.75, 3.05) is 0 Å². The molecule has 0 aliphatic rings. The number of rotatable bonds is 14. The lowest BCUT2D eigenvalue weighted by molar-refractivity contribution is -0.145. The van der Waals surface area contributed by atoms with Crippen LogP contribution in [0.15, 0.2) is 30.3 Å². The van der Waals surface area contributed by atoms with E-state index in [-0.39, 0.29) is 19.0 Å². The molecule has 0 spiro atoms. The van der Waals surface area contributed by atoms with Crippen LogP contribution in [0, 0.1) is 29.1 Å². The van der Waals surface area contributed by atoms with Crippen LogP contribution in [0.1, 0.15) is 69.8 Å². The van der Waals surface area contributed by atoms with Gasteiger partial charge >= 0.3 is 11.9 Å². The molecule has 0 aliphatic carbocycles. The van der Waals surface area contributed by atoms with Gasteiger partial charge < -0.3 is 9.47 Å². The van der Waals surface area contributed by atoms with Gasteiger partial charge in [0.05, 0.1) is 0 Å². The lowest BCUT2D eigenvalue weighted by atomic mass is 10.1. The molecule has 0 saturated heterocycles. The summed E-state index contributed by atoms with van der Waals surface area (Å²) in [4.78, 5) is 23.4. The van der Waals surface area contributed by atoms with Gasteiger partial charge in [-0.3, -0.25) is 9.59 Å². The van der Waals surface area contributed by atoms with Crippen molar-refractivity contribution in [3.8, 4) is 5.75 Å². The summed E-state index contributed by atoms with van der Waals surface area (Å²) in [5, 5.41) is 0. The highest BCUT2D eigenvalue weighted by molar-refractivity contribution is 5.72. The number of ether oxygens (including phenoxy) is 2. The SMILES string of the molecule is O=C(CCCCCCCCCCC(=O)Oc1c(F)c(F)c(F)c(F)c1F)OCc1ccccc1. The second-order valence-electron chi connectivity index (χ2n) is 7.85. The fraction of sp³-hybridized carbons (Fsp3) is 0.440. The Morgan fingerprint density at radius 1 is 0.588 bits per heavy atom. The van der Waals surface area contributed by atoms with Crippen LogP contribution in [0.2, 0.25) is 0 Å². The van der Waals surface area contributed by atoms with Crippen LogP contribution in [0.25, 0.3) is 0 Å². The standard InChI is InChI=1S/C25H27F5O4/c26-20-21(27)23(29)25(24(30)22(20)28)34-19(32)15-11-6-4-2-1-3-5-10-14-18(31)33-16-17-12-8-7-9-13-17/h7-9,12-13H,1-6,10-11,14-16H2. The van der Waals surface area contributed by atoms with Gasteiger partial charge in [-0.05, 0) is 18.4 Å². The van der Waals surface area contributed by atoms with E-state index in [9.17, 15) is 31.5 Å². The molecule has 4 nitrogen and oxygen atoms in total. The Balaban J connectivity index is 1.49. The molecule has 2 rings (SSSR count). The van der Waals surface area contributed by atoms with Crippen molar-refractivity contribution < 1.29 is 41.0 Å². The Bertz CT molecular complexity index is 921. The Kier molecular flexibility index (Phi) is 11.5. The summed E-state index contributed by atoms with van der Waals surface area (Å²) in [5.41, 5.74) is 0.946. The zero-order chi connectivity index (χ0) is 24.9. The minimum Gasteiger partial charge on any atom is -0.461 e. The Hall–Kier alpha value is -2.97. The molecule has 2 aromatic rings. The third-order valence-electron chi connectivity index (χ3n) is 5.14. The Morgan fingerprint density at radius 2 is 1.03 bits per heavy atom. The maximum atomic E-state index is 13.5. The van der Waals surface area contributed by atoms with Gasteiger partial charge in [-0.25, -0.2) is 13.2 Å². The molecule has 0 heterocycles. The first-order valence-electron chi connectivity index (χ1n) is 11.2. The Labute approximate surface area is 195 Å². The predicted octanol–water partition coefficient (Wildman–Crippen LogP) is 6.93.